The molecule has 0 heterocycles. The average molecular weight is 279 g/mol. The lowest BCUT2D eigenvalue weighted by Gasteiger charge is -2.37. The minimum atomic E-state index is -0.609. The average Bonchev–Trinajstić information content (AvgIpc) is 2.43. The highest BCUT2D eigenvalue weighted by atomic mass is 19.1. The van der Waals surface area contributed by atoms with Gasteiger partial charge in [-0.2, -0.15) is 0 Å². The summed E-state index contributed by atoms with van der Waals surface area (Å²) in [5.74, 6) is -1.000. The number of nitrogens with zero attached hydrogens (tertiary/aromatic N) is 1. The van der Waals surface area contributed by atoms with E-state index in [4.69, 9.17) is 11.5 Å². The number of hydrogen-bond acceptors (Lipinski definition) is 3. The highest BCUT2D eigenvalue weighted by Crippen LogP contribution is 2.29. The monoisotopic (exact) mass is 279 g/mol. The van der Waals surface area contributed by atoms with Crippen molar-refractivity contribution in [3.63, 3.8) is 0 Å². The Balaban J connectivity index is 2.21. The Hall–Kier alpha value is -1.62. The number of halogens is 1. The fourth-order valence-electron chi connectivity index (χ4n) is 2.93. The van der Waals surface area contributed by atoms with Crippen LogP contribution < -0.4 is 16.4 Å². The summed E-state index contributed by atoms with van der Waals surface area (Å²) in [5, 5.41) is 0. The molecule has 20 heavy (non-hydrogen) atoms. The summed E-state index contributed by atoms with van der Waals surface area (Å²) in [7, 11) is 0. The summed E-state index contributed by atoms with van der Waals surface area (Å²) in [5.41, 5.74) is 11.8. The van der Waals surface area contributed by atoms with Gasteiger partial charge in [-0.1, -0.05) is 0 Å². The van der Waals surface area contributed by atoms with Crippen molar-refractivity contribution in [1.82, 2.24) is 0 Å². The molecule has 0 spiro atoms. The van der Waals surface area contributed by atoms with Crippen molar-refractivity contribution in [3.8, 4) is 0 Å². The van der Waals surface area contributed by atoms with Crippen molar-refractivity contribution < 1.29 is 9.18 Å². The number of nitrogens with two attached hydrogens (primary N) is 2. The number of carbonyl (C=O) groups excluding carboxylic acids is 1. The number of benzene rings is 1. The summed E-state index contributed by atoms with van der Waals surface area (Å²) in [6.07, 6.45) is 3.91. The molecule has 0 bridgehead atoms. The maximum Gasteiger partial charge on any atom is 0.248 e. The topological polar surface area (TPSA) is 72.3 Å². The molecule has 0 unspecified atom stereocenters. The Labute approximate surface area is 118 Å². The van der Waals surface area contributed by atoms with Gasteiger partial charge in [0, 0.05) is 24.2 Å². The second-order valence-corrected chi connectivity index (χ2v) is 5.39. The van der Waals surface area contributed by atoms with Crippen LogP contribution in [0.25, 0.3) is 0 Å². The van der Waals surface area contributed by atoms with Crippen LogP contribution in [-0.2, 0) is 0 Å². The minimum Gasteiger partial charge on any atom is -0.366 e. The van der Waals surface area contributed by atoms with Gasteiger partial charge in [0.2, 0.25) is 5.91 Å². The number of carbonyl (C=O) groups is 1. The number of hydrogen-bond donors (Lipinski definition) is 2. The van der Waals surface area contributed by atoms with E-state index in [0.29, 0.717) is 11.7 Å². The van der Waals surface area contributed by atoms with Crippen molar-refractivity contribution >= 4 is 11.6 Å². The first-order valence-electron chi connectivity index (χ1n) is 7.14. The molecule has 0 aromatic heterocycles. The molecule has 1 fully saturated rings. The van der Waals surface area contributed by atoms with E-state index < -0.39 is 11.7 Å². The van der Waals surface area contributed by atoms with Gasteiger partial charge in [-0.15, -0.1) is 0 Å². The smallest absolute Gasteiger partial charge is 0.248 e. The maximum absolute atomic E-state index is 14.2. The van der Waals surface area contributed by atoms with E-state index in [1.807, 2.05) is 6.92 Å². The third-order valence-electron chi connectivity index (χ3n) is 4.06. The van der Waals surface area contributed by atoms with Gasteiger partial charge in [0.15, 0.2) is 0 Å². The molecule has 4 N–H and O–H groups in total. The standard InChI is InChI=1S/C15H22FN3O/c1-2-19(12-6-4-11(17)5-7-12)14-8-3-10(15(18)20)9-13(14)16/h3,8-9,11-12H,2,4-7,17H2,1H3,(H2,18,20). The number of anilines is 1. The van der Waals surface area contributed by atoms with Gasteiger partial charge < -0.3 is 16.4 Å². The first-order valence-corrected chi connectivity index (χ1v) is 7.14. The lowest BCUT2D eigenvalue weighted by atomic mass is 9.90. The summed E-state index contributed by atoms with van der Waals surface area (Å²) >= 11 is 0. The molecule has 4 nitrogen and oxygen atoms in total. The van der Waals surface area contributed by atoms with Gasteiger partial charge >= 0.3 is 0 Å². The predicted molar refractivity (Wildman–Crippen MR) is 78.2 cm³/mol. The largest absolute Gasteiger partial charge is 0.366 e. The van der Waals surface area contributed by atoms with E-state index in [9.17, 15) is 9.18 Å². The minimum absolute atomic E-state index is 0.202. The summed E-state index contributed by atoms with van der Waals surface area (Å²) < 4.78 is 14.2. The van der Waals surface area contributed by atoms with Gasteiger partial charge in [-0.05, 0) is 50.8 Å². The molecule has 1 aliphatic carbocycles. The van der Waals surface area contributed by atoms with Gasteiger partial charge in [0.1, 0.15) is 5.82 Å². The van der Waals surface area contributed by atoms with E-state index in [1.165, 1.54) is 6.07 Å². The normalized spacial score (nSPS) is 22.6. The fraction of sp³-hybridized carbons (Fsp3) is 0.533. The lowest BCUT2D eigenvalue weighted by molar-refractivity contribution is 0.1000. The molecule has 1 saturated carbocycles. The summed E-state index contributed by atoms with van der Waals surface area (Å²) in [4.78, 5) is 13.1. The fourth-order valence-corrected chi connectivity index (χ4v) is 2.93. The SMILES string of the molecule is CCN(c1ccc(C(N)=O)cc1F)C1CCC(N)CC1. The predicted octanol–water partition coefficient (Wildman–Crippen LogP) is 2.02. The van der Waals surface area contributed by atoms with Gasteiger partial charge in [0.25, 0.3) is 0 Å². The Morgan fingerprint density at radius 3 is 2.50 bits per heavy atom. The summed E-state index contributed by atoms with van der Waals surface area (Å²) in [6.45, 7) is 2.74. The quantitative estimate of drug-likeness (QED) is 0.885. The molecular formula is C15H22FN3O. The van der Waals surface area contributed by atoms with Gasteiger partial charge in [-0.3, -0.25) is 4.79 Å². The third-order valence-corrected chi connectivity index (χ3v) is 4.06. The van der Waals surface area contributed by atoms with E-state index in [1.54, 1.807) is 12.1 Å². The molecule has 1 amide bonds. The van der Waals surface area contributed by atoms with Crippen molar-refractivity contribution in [3.05, 3.63) is 29.6 Å². The third kappa shape index (κ3) is 3.10. The van der Waals surface area contributed by atoms with E-state index >= 15 is 0 Å². The van der Waals surface area contributed by atoms with Crippen molar-refractivity contribution in [2.45, 2.75) is 44.7 Å². The van der Waals surface area contributed by atoms with Crippen LogP contribution in [0.15, 0.2) is 18.2 Å². The molecule has 0 aliphatic heterocycles. The van der Waals surface area contributed by atoms with Crippen LogP contribution in [-0.4, -0.2) is 24.5 Å². The Morgan fingerprint density at radius 2 is 2.00 bits per heavy atom. The number of primary amides is 1. The first kappa shape index (κ1) is 14.8. The second kappa shape index (κ2) is 6.22. The number of rotatable bonds is 4. The Bertz CT molecular complexity index is 484. The molecule has 0 radical (unpaired) electrons. The van der Waals surface area contributed by atoms with Crippen LogP contribution in [0.2, 0.25) is 0 Å². The van der Waals surface area contributed by atoms with Gasteiger partial charge in [0.05, 0.1) is 5.69 Å². The molecule has 1 aliphatic rings. The van der Waals surface area contributed by atoms with E-state index in [0.717, 1.165) is 32.2 Å². The number of amides is 1. The van der Waals surface area contributed by atoms with Crippen LogP contribution in [0.3, 0.4) is 0 Å². The van der Waals surface area contributed by atoms with E-state index in [2.05, 4.69) is 4.90 Å². The molecule has 2 rings (SSSR count). The molecule has 1 aromatic rings. The molecule has 1 aromatic carbocycles. The van der Waals surface area contributed by atoms with Crippen molar-refractivity contribution in [2.24, 2.45) is 11.5 Å². The molecule has 110 valence electrons. The second-order valence-electron chi connectivity index (χ2n) is 5.39. The lowest BCUT2D eigenvalue weighted by Crippen LogP contribution is -2.41. The van der Waals surface area contributed by atoms with Gasteiger partial charge in [-0.25, -0.2) is 4.39 Å². The van der Waals surface area contributed by atoms with Crippen molar-refractivity contribution in [1.29, 1.82) is 0 Å². The van der Waals surface area contributed by atoms with Crippen LogP contribution in [0.5, 0.6) is 0 Å². The molecule has 0 saturated heterocycles. The van der Waals surface area contributed by atoms with E-state index in [-0.39, 0.29) is 11.6 Å². The maximum atomic E-state index is 14.2. The summed E-state index contributed by atoms with van der Waals surface area (Å²) in [6, 6.07) is 5.03. The zero-order chi connectivity index (χ0) is 14.7. The zero-order valence-corrected chi connectivity index (χ0v) is 11.8. The molecular weight excluding hydrogens is 257 g/mol. The van der Waals surface area contributed by atoms with Crippen LogP contribution in [0, 0.1) is 5.82 Å². The highest BCUT2D eigenvalue weighted by molar-refractivity contribution is 5.93. The van der Waals surface area contributed by atoms with Crippen LogP contribution >= 0.6 is 0 Å². The Morgan fingerprint density at radius 1 is 1.35 bits per heavy atom. The first-order chi connectivity index (χ1) is 9.52. The molecule has 5 heteroatoms. The van der Waals surface area contributed by atoms with Crippen LogP contribution in [0.4, 0.5) is 10.1 Å². The van der Waals surface area contributed by atoms with Crippen LogP contribution in [0.1, 0.15) is 43.0 Å². The molecule has 0 atom stereocenters. The zero-order valence-electron chi connectivity index (χ0n) is 11.8. The van der Waals surface area contributed by atoms with Crippen molar-refractivity contribution in [2.75, 3.05) is 11.4 Å². The Kier molecular flexibility index (Phi) is 4.60. The highest BCUT2D eigenvalue weighted by Gasteiger charge is 2.25.